The predicted octanol–water partition coefficient (Wildman–Crippen LogP) is -0.827. The molecule has 0 bridgehead atoms. The third kappa shape index (κ3) is 4.34. The van der Waals surface area contributed by atoms with Gasteiger partial charge < -0.3 is 29.9 Å². The molecular formula is C8H13Cl3O6. The van der Waals surface area contributed by atoms with E-state index >= 15 is 0 Å². The number of hydrogen-bond acceptors (Lipinski definition) is 6. The molecule has 6 nitrogen and oxygen atoms in total. The second-order valence-electron chi connectivity index (χ2n) is 3.62. The van der Waals surface area contributed by atoms with Crippen molar-refractivity contribution < 1.29 is 29.9 Å². The number of aliphatic hydroxyl groups excluding tert-OH is 4. The Hall–Kier alpha value is 0.630. The van der Waals surface area contributed by atoms with Gasteiger partial charge in [-0.25, -0.2) is 0 Å². The lowest BCUT2D eigenvalue weighted by molar-refractivity contribution is -0.300. The normalized spacial score (nSPS) is 39.4. The van der Waals surface area contributed by atoms with Crippen molar-refractivity contribution in [2.75, 3.05) is 13.2 Å². The topological polar surface area (TPSA) is 99.4 Å². The average Bonchev–Trinajstić information content (AvgIpc) is 2.24. The van der Waals surface area contributed by atoms with Gasteiger partial charge in [0, 0.05) is 0 Å². The molecule has 1 aliphatic heterocycles. The fourth-order valence-corrected chi connectivity index (χ4v) is 1.57. The van der Waals surface area contributed by atoms with E-state index in [1.54, 1.807) is 0 Å². The van der Waals surface area contributed by atoms with Crippen LogP contribution in [0.5, 0.6) is 0 Å². The maximum atomic E-state index is 9.55. The summed E-state index contributed by atoms with van der Waals surface area (Å²) in [6.45, 7) is -0.918. The third-order valence-corrected chi connectivity index (χ3v) is 2.59. The SMILES string of the molecule is OC[C@H]1O[C@@H](OCC(Cl)(Cl)Cl)[C@H](O)[C@@H](O)[C@@H]1O. The Balaban J connectivity index is 2.59. The fourth-order valence-electron chi connectivity index (χ4n) is 1.38. The highest BCUT2D eigenvalue weighted by Crippen LogP contribution is 2.29. The second kappa shape index (κ2) is 6.18. The minimum atomic E-state index is -1.70. The largest absolute Gasteiger partial charge is 0.394 e. The lowest BCUT2D eigenvalue weighted by Crippen LogP contribution is -2.59. The molecule has 1 aliphatic rings. The zero-order chi connectivity index (χ0) is 13.2. The van der Waals surface area contributed by atoms with Gasteiger partial charge in [-0.05, 0) is 0 Å². The predicted molar refractivity (Wildman–Crippen MR) is 60.0 cm³/mol. The van der Waals surface area contributed by atoms with Gasteiger partial charge in [-0.1, -0.05) is 34.8 Å². The van der Waals surface area contributed by atoms with Crippen LogP contribution in [0.1, 0.15) is 0 Å². The molecule has 4 N–H and O–H groups in total. The summed E-state index contributed by atoms with van der Waals surface area (Å²) in [6.07, 6.45) is -6.79. The summed E-state index contributed by atoms with van der Waals surface area (Å²) >= 11 is 16.3. The zero-order valence-electron chi connectivity index (χ0n) is 8.54. The van der Waals surface area contributed by atoms with Crippen LogP contribution >= 0.6 is 34.8 Å². The van der Waals surface area contributed by atoms with Gasteiger partial charge in [0.15, 0.2) is 6.29 Å². The first-order chi connectivity index (χ1) is 7.76. The lowest BCUT2D eigenvalue weighted by Gasteiger charge is -2.39. The molecule has 0 radical (unpaired) electrons. The molecule has 0 unspecified atom stereocenters. The van der Waals surface area contributed by atoms with E-state index in [0.717, 1.165) is 0 Å². The fraction of sp³-hybridized carbons (Fsp3) is 1.00. The quantitative estimate of drug-likeness (QED) is 0.508. The molecule has 9 heteroatoms. The van der Waals surface area contributed by atoms with Gasteiger partial charge in [0.2, 0.25) is 3.79 Å². The molecule has 1 fully saturated rings. The Labute approximate surface area is 113 Å². The summed E-state index contributed by atoms with van der Waals surface area (Å²) in [5, 5.41) is 37.3. The van der Waals surface area contributed by atoms with Gasteiger partial charge in [0.25, 0.3) is 0 Å². The van der Waals surface area contributed by atoms with Gasteiger partial charge in [-0.3, -0.25) is 0 Å². The monoisotopic (exact) mass is 310 g/mol. The Morgan fingerprint density at radius 3 is 2.12 bits per heavy atom. The van der Waals surface area contributed by atoms with Crippen molar-refractivity contribution in [1.29, 1.82) is 0 Å². The number of hydrogen-bond donors (Lipinski definition) is 4. The smallest absolute Gasteiger partial charge is 0.213 e. The Kier molecular flexibility index (Phi) is 5.71. The molecule has 5 atom stereocenters. The molecule has 1 rings (SSSR count). The van der Waals surface area contributed by atoms with Gasteiger partial charge >= 0.3 is 0 Å². The summed E-state index contributed by atoms with van der Waals surface area (Å²) in [4.78, 5) is 0. The highest BCUT2D eigenvalue weighted by molar-refractivity contribution is 6.67. The van der Waals surface area contributed by atoms with Crippen molar-refractivity contribution >= 4 is 34.8 Å². The van der Waals surface area contributed by atoms with Crippen LogP contribution in [0.3, 0.4) is 0 Å². The van der Waals surface area contributed by atoms with E-state index < -0.39 is 41.1 Å². The Morgan fingerprint density at radius 1 is 1.06 bits per heavy atom. The zero-order valence-corrected chi connectivity index (χ0v) is 10.8. The van der Waals surface area contributed by atoms with Crippen LogP contribution in [0.2, 0.25) is 0 Å². The van der Waals surface area contributed by atoms with Gasteiger partial charge in [-0.15, -0.1) is 0 Å². The molecule has 1 heterocycles. The van der Waals surface area contributed by atoms with Crippen LogP contribution in [-0.2, 0) is 9.47 Å². The summed E-state index contributed by atoms with van der Waals surface area (Å²) in [5.41, 5.74) is 0. The van der Waals surface area contributed by atoms with E-state index in [4.69, 9.17) is 49.4 Å². The van der Waals surface area contributed by atoms with Gasteiger partial charge in [-0.2, -0.15) is 0 Å². The minimum Gasteiger partial charge on any atom is -0.394 e. The van der Waals surface area contributed by atoms with Crippen LogP contribution in [0.15, 0.2) is 0 Å². The molecular weight excluding hydrogens is 298 g/mol. The Morgan fingerprint density at radius 2 is 1.65 bits per heavy atom. The van der Waals surface area contributed by atoms with Crippen molar-refractivity contribution in [2.45, 2.75) is 34.5 Å². The third-order valence-electron chi connectivity index (χ3n) is 2.26. The summed E-state index contributed by atoms with van der Waals surface area (Å²) in [6, 6.07) is 0. The van der Waals surface area contributed by atoms with E-state index in [2.05, 4.69) is 0 Å². The first-order valence-electron chi connectivity index (χ1n) is 4.75. The van der Waals surface area contributed by atoms with Crippen LogP contribution in [0.4, 0.5) is 0 Å². The number of halogens is 3. The summed E-state index contributed by atoms with van der Waals surface area (Å²) < 4.78 is 8.28. The maximum Gasteiger partial charge on any atom is 0.213 e. The highest BCUT2D eigenvalue weighted by Gasteiger charge is 2.44. The molecule has 0 amide bonds. The first-order valence-corrected chi connectivity index (χ1v) is 5.88. The van der Waals surface area contributed by atoms with E-state index in [9.17, 15) is 15.3 Å². The van der Waals surface area contributed by atoms with Gasteiger partial charge in [0.1, 0.15) is 24.4 Å². The first kappa shape index (κ1) is 15.7. The standard InChI is InChI=1S/C8H13Cl3O6/c9-8(10,11)2-16-7-6(15)5(14)4(13)3(1-12)17-7/h3-7,12-15H,1-2H2/t3-,4-,5+,6-,7-/m1/s1. The minimum absolute atomic E-state index is 0.375. The molecule has 102 valence electrons. The van der Waals surface area contributed by atoms with Crippen molar-refractivity contribution in [3.8, 4) is 0 Å². The summed E-state index contributed by atoms with van der Waals surface area (Å²) in [7, 11) is 0. The summed E-state index contributed by atoms with van der Waals surface area (Å²) in [5.74, 6) is 0. The highest BCUT2D eigenvalue weighted by atomic mass is 35.6. The van der Waals surface area contributed by atoms with E-state index in [0.29, 0.717) is 0 Å². The van der Waals surface area contributed by atoms with Crippen molar-refractivity contribution in [3.63, 3.8) is 0 Å². The van der Waals surface area contributed by atoms with Crippen molar-refractivity contribution in [3.05, 3.63) is 0 Å². The number of rotatable bonds is 3. The molecule has 0 aromatic heterocycles. The van der Waals surface area contributed by atoms with Crippen molar-refractivity contribution in [2.24, 2.45) is 0 Å². The average molecular weight is 312 g/mol. The van der Waals surface area contributed by atoms with Crippen LogP contribution in [-0.4, -0.2) is 68.1 Å². The maximum absolute atomic E-state index is 9.55. The molecule has 17 heavy (non-hydrogen) atoms. The molecule has 0 saturated carbocycles. The van der Waals surface area contributed by atoms with E-state index in [1.807, 2.05) is 0 Å². The van der Waals surface area contributed by atoms with Crippen LogP contribution in [0, 0.1) is 0 Å². The van der Waals surface area contributed by atoms with E-state index in [1.165, 1.54) is 0 Å². The molecule has 0 spiro atoms. The number of alkyl halides is 3. The molecule has 0 aromatic carbocycles. The van der Waals surface area contributed by atoms with Crippen molar-refractivity contribution in [1.82, 2.24) is 0 Å². The van der Waals surface area contributed by atoms with Crippen LogP contribution in [0.25, 0.3) is 0 Å². The number of ether oxygens (including phenoxy) is 2. The molecule has 0 aromatic rings. The Bertz CT molecular complexity index is 246. The van der Waals surface area contributed by atoms with E-state index in [-0.39, 0.29) is 6.61 Å². The lowest BCUT2D eigenvalue weighted by atomic mass is 9.99. The second-order valence-corrected chi connectivity index (χ2v) is 6.14. The molecule has 0 aliphatic carbocycles. The number of aliphatic hydroxyl groups is 4. The molecule has 1 saturated heterocycles. The van der Waals surface area contributed by atoms with Crippen LogP contribution < -0.4 is 0 Å². The van der Waals surface area contributed by atoms with Gasteiger partial charge in [0.05, 0.1) is 13.2 Å².